The largest absolute Gasteiger partial charge is 0.490 e. The number of halogens is 3. The molecule has 1 saturated heterocycles. The summed E-state index contributed by atoms with van der Waals surface area (Å²) in [5.41, 5.74) is -2.81. The molecule has 0 aromatic rings. The van der Waals surface area contributed by atoms with Gasteiger partial charge in [0, 0.05) is 25.4 Å². The highest BCUT2D eigenvalue weighted by molar-refractivity contribution is 5.94. The predicted molar refractivity (Wildman–Crippen MR) is 55.9 cm³/mol. The van der Waals surface area contributed by atoms with Crippen LogP contribution < -0.4 is 0 Å². The average Bonchev–Trinajstić information content (AvgIpc) is 2.80. The van der Waals surface area contributed by atoms with E-state index in [9.17, 15) is 27.9 Å². The van der Waals surface area contributed by atoms with Crippen molar-refractivity contribution in [3.05, 3.63) is 0 Å². The number of esters is 1. The van der Waals surface area contributed by atoms with Gasteiger partial charge < -0.3 is 14.7 Å². The minimum atomic E-state index is -5.11. The lowest BCUT2D eigenvalue weighted by Gasteiger charge is -2.27. The van der Waals surface area contributed by atoms with E-state index in [2.05, 4.69) is 4.74 Å². The van der Waals surface area contributed by atoms with Crippen molar-refractivity contribution in [2.45, 2.75) is 37.6 Å². The topological polar surface area (TPSA) is 66.8 Å². The van der Waals surface area contributed by atoms with Gasteiger partial charge in [0.25, 0.3) is 5.91 Å². The lowest BCUT2D eigenvalue weighted by Crippen LogP contribution is -2.45. The first-order valence-electron chi connectivity index (χ1n) is 5.78. The molecular weight excluding hydrogens is 267 g/mol. The molecule has 108 valence electrons. The molecule has 2 rings (SSSR count). The number of piperidine rings is 1. The molecule has 0 bridgehead atoms. The minimum Gasteiger partial charge on any atom is -0.442 e. The Morgan fingerprint density at radius 2 is 2.11 bits per heavy atom. The smallest absolute Gasteiger partial charge is 0.442 e. The summed E-state index contributed by atoms with van der Waals surface area (Å²) < 4.78 is 40.8. The highest BCUT2D eigenvalue weighted by Crippen LogP contribution is 2.54. The van der Waals surface area contributed by atoms with Gasteiger partial charge in [-0.2, -0.15) is 13.2 Å². The molecule has 1 amide bonds. The number of carbonyl (C=O) groups excluding carboxylic acids is 2. The zero-order valence-corrected chi connectivity index (χ0v) is 10.5. The summed E-state index contributed by atoms with van der Waals surface area (Å²) in [5, 5.41) is 9.61. The third-order valence-electron chi connectivity index (χ3n) is 3.22. The van der Waals surface area contributed by atoms with Gasteiger partial charge in [-0.15, -0.1) is 0 Å². The summed E-state index contributed by atoms with van der Waals surface area (Å²) >= 11 is 0. The molecule has 1 N–H and O–H groups in total. The number of hydrogen-bond acceptors (Lipinski definition) is 4. The Bertz CT molecular complexity index is 429. The number of likely N-dealkylation sites (tertiary alicyclic amines) is 1. The average molecular weight is 281 g/mol. The number of amides is 1. The van der Waals surface area contributed by atoms with Gasteiger partial charge in [-0.3, -0.25) is 4.79 Å². The van der Waals surface area contributed by atoms with Crippen LogP contribution in [0.4, 0.5) is 13.2 Å². The third kappa shape index (κ3) is 2.54. The number of alkyl halides is 3. The lowest BCUT2D eigenvalue weighted by atomic mass is 10.1. The Kier molecular flexibility index (Phi) is 2.85. The second kappa shape index (κ2) is 3.84. The molecule has 0 aromatic carbocycles. The van der Waals surface area contributed by atoms with E-state index in [0.29, 0.717) is 0 Å². The number of rotatable bonds is 3. The second-order valence-corrected chi connectivity index (χ2v) is 5.68. The standard InChI is InChI=1S/C11H14F3NO4/c1-9(2,18)5-15-4-6-3-10(6,7(15)16)19-8(17)11(12,13)14/h6,18H,3-5H2,1-2H3. The van der Waals surface area contributed by atoms with E-state index in [1.807, 2.05) is 0 Å². The maximum absolute atomic E-state index is 12.1. The Hall–Kier alpha value is -1.31. The van der Waals surface area contributed by atoms with Crippen molar-refractivity contribution in [3.8, 4) is 0 Å². The van der Waals surface area contributed by atoms with E-state index in [1.165, 1.54) is 18.7 Å². The van der Waals surface area contributed by atoms with Gasteiger partial charge >= 0.3 is 12.1 Å². The number of fused-ring (bicyclic) bond motifs is 1. The Labute approximate surface area is 107 Å². The fourth-order valence-corrected chi connectivity index (χ4v) is 2.39. The van der Waals surface area contributed by atoms with Crippen LogP contribution in [0.3, 0.4) is 0 Å². The lowest BCUT2D eigenvalue weighted by molar-refractivity contribution is -0.208. The fraction of sp³-hybridized carbons (Fsp3) is 0.818. The van der Waals surface area contributed by atoms with Gasteiger partial charge in [0.05, 0.1) is 5.60 Å². The molecule has 0 aromatic heterocycles. The third-order valence-corrected chi connectivity index (χ3v) is 3.22. The summed E-state index contributed by atoms with van der Waals surface area (Å²) in [5.74, 6) is -3.40. The summed E-state index contributed by atoms with van der Waals surface area (Å²) in [6.07, 6.45) is -4.98. The first-order chi connectivity index (χ1) is 8.46. The van der Waals surface area contributed by atoms with Gasteiger partial charge in [-0.05, 0) is 13.8 Å². The molecule has 2 fully saturated rings. The summed E-state index contributed by atoms with van der Waals surface area (Å²) in [4.78, 5) is 24.0. The van der Waals surface area contributed by atoms with Crippen LogP contribution in [0, 0.1) is 5.92 Å². The number of β-amino-alcohol motifs (C(OH)–C–C–N with tert-alkyl or cyclic N) is 1. The zero-order valence-electron chi connectivity index (χ0n) is 10.5. The van der Waals surface area contributed by atoms with Crippen LogP contribution in [-0.4, -0.2) is 52.4 Å². The maximum Gasteiger partial charge on any atom is 0.490 e. The summed E-state index contributed by atoms with van der Waals surface area (Å²) in [7, 11) is 0. The second-order valence-electron chi connectivity index (χ2n) is 5.68. The van der Waals surface area contributed by atoms with E-state index < -0.39 is 35.2 Å². The van der Waals surface area contributed by atoms with Crippen LogP contribution in [0.1, 0.15) is 20.3 Å². The molecule has 2 aliphatic rings. The van der Waals surface area contributed by atoms with Crippen LogP contribution >= 0.6 is 0 Å². The van der Waals surface area contributed by atoms with Crippen molar-refractivity contribution in [3.63, 3.8) is 0 Å². The van der Waals surface area contributed by atoms with Crippen LogP contribution in [0.25, 0.3) is 0 Å². The Balaban J connectivity index is 2.05. The highest BCUT2D eigenvalue weighted by Gasteiger charge is 2.71. The quantitative estimate of drug-likeness (QED) is 0.763. The van der Waals surface area contributed by atoms with Crippen molar-refractivity contribution in [2.24, 2.45) is 5.92 Å². The molecule has 0 radical (unpaired) electrons. The van der Waals surface area contributed by atoms with E-state index in [0.717, 1.165) is 0 Å². The molecule has 19 heavy (non-hydrogen) atoms. The Morgan fingerprint density at radius 3 is 2.58 bits per heavy atom. The van der Waals surface area contributed by atoms with E-state index in [1.54, 1.807) is 0 Å². The molecule has 2 unspecified atom stereocenters. The van der Waals surface area contributed by atoms with Crippen molar-refractivity contribution in [1.82, 2.24) is 4.90 Å². The van der Waals surface area contributed by atoms with Crippen molar-refractivity contribution in [1.29, 1.82) is 0 Å². The van der Waals surface area contributed by atoms with Crippen LogP contribution in [0.15, 0.2) is 0 Å². The molecule has 1 heterocycles. The number of hydrogen-bond donors (Lipinski definition) is 1. The molecule has 1 aliphatic carbocycles. The normalized spacial score (nSPS) is 30.3. The fourth-order valence-electron chi connectivity index (χ4n) is 2.39. The molecule has 5 nitrogen and oxygen atoms in total. The minimum absolute atomic E-state index is 0.00630. The number of nitrogens with zero attached hydrogens (tertiary/aromatic N) is 1. The predicted octanol–water partition coefficient (Wildman–Crippen LogP) is 0.464. The first kappa shape index (κ1) is 14.1. The molecular formula is C11H14F3NO4. The van der Waals surface area contributed by atoms with Crippen molar-refractivity contribution in [2.75, 3.05) is 13.1 Å². The molecule has 1 saturated carbocycles. The van der Waals surface area contributed by atoms with E-state index in [4.69, 9.17) is 0 Å². The van der Waals surface area contributed by atoms with Gasteiger partial charge in [-0.1, -0.05) is 0 Å². The van der Waals surface area contributed by atoms with Crippen molar-refractivity contribution < 1.29 is 32.6 Å². The molecule has 0 spiro atoms. The van der Waals surface area contributed by atoms with Crippen molar-refractivity contribution >= 4 is 11.9 Å². The monoisotopic (exact) mass is 281 g/mol. The van der Waals surface area contributed by atoms with Gasteiger partial charge in [0.2, 0.25) is 0 Å². The van der Waals surface area contributed by atoms with Gasteiger partial charge in [0.15, 0.2) is 5.60 Å². The molecule has 1 aliphatic heterocycles. The Morgan fingerprint density at radius 1 is 1.53 bits per heavy atom. The van der Waals surface area contributed by atoms with Gasteiger partial charge in [0.1, 0.15) is 0 Å². The van der Waals surface area contributed by atoms with E-state index in [-0.39, 0.29) is 19.5 Å². The highest BCUT2D eigenvalue weighted by atomic mass is 19.4. The molecule has 2 atom stereocenters. The van der Waals surface area contributed by atoms with Crippen LogP contribution in [0.5, 0.6) is 0 Å². The van der Waals surface area contributed by atoms with Crippen LogP contribution in [-0.2, 0) is 14.3 Å². The molecule has 8 heteroatoms. The van der Waals surface area contributed by atoms with Gasteiger partial charge in [-0.25, -0.2) is 4.79 Å². The zero-order chi connectivity index (χ0) is 14.6. The number of aliphatic hydroxyl groups is 1. The number of ether oxygens (including phenoxy) is 1. The van der Waals surface area contributed by atoms with Crippen LogP contribution in [0.2, 0.25) is 0 Å². The summed E-state index contributed by atoms with van der Waals surface area (Å²) in [6, 6.07) is 0. The van der Waals surface area contributed by atoms with E-state index >= 15 is 0 Å². The summed E-state index contributed by atoms with van der Waals surface area (Å²) in [6.45, 7) is 3.17. The maximum atomic E-state index is 12.1. The first-order valence-corrected chi connectivity index (χ1v) is 5.78. The number of carbonyl (C=O) groups is 2. The SMILES string of the molecule is CC(C)(O)CN1CC2CC2(OC(=O)C(F)(F)F)C1=O.